The van der Waals surface area contributed by atoms with Gasteiger partial charge in [0.1, 0.15) is 0 Å². The lowest BCUT2D eigenvalue weighted by atomic mass is 10.3. The van der Waals surface area contributed by atoms with Crippen LogP contribution in [0, 0.1) is 0 Å². The highest BCUT2D eigenvalue weighted by molar-refractivity contribution is 7.89. The van der Waals surface area contributed by atoms with Gasteiger partial charge in [0.05, 0.1) is 18.3 Å². The third-order valence-electron chi connectivity index (χ3n) is 3.00. The maximum absolute atomic E-state index is 12.4. The van der Waals surface area contributed by atoms with E-state index in [9.17, 15) is 8.42 Å². The molecule has 110 valence electrons. The second-order valence-electron chi connectivity index (χ2n) is 4.65. The Hall–Kier alpha value is -1.11. The van der Waals surface area contributed by atoms with E-state index >= 15 is 0 Å². The minimum absolute atomic E-state index is 0.201. The molecule has 0 fully saturated rings. The summed E-state index contributed by atoms with van der Waals surface area (Å²) in [7, 11) is -3.24. The number of hydrogen-bond acceptors (Lipinski definition) is 4. The van der Waals surface area contributed by atoms with E-state index in [1.807, 2.05) is 24.4 Å². The number of thiophene rings is 1. The molecule has 0 atom stereocenters. The molecule has 4 nitrogen and oxygen atoms in total. The fourth-order valence-electron chi connectivity index (χ4n) is 1.87. The smallest absolute Gasteiger partial charge is 0.214 e. The zero-order chi connectivity index (χ0) is 14.4. The number of sulfonamides is 1. The summed E-state index contributed by atoms with van der Waals surface area (Å²) >= 11 is 1.57. The Morgan fingerprint density at radius 1 is 1.30 bits per heavy atom. The summed E-state index contributed by atoms with van der Waals surface area (Å²) in [6.45, 7) is 2.78. The van der Waals surface area contributed by atoms with E-state index in [1.54, 1.807) is 34.2 Å². The molecule has 0 aliphatic carbocycles. The summed E-state index contributed by atoms with van der Waals surface area (Å²) in [5.41, 5.74) is 0.877. The monoisotopic (exact) mass is 313 g/mol. The molecule has 0 amide bonds. The quantitative estimate of drug-likeness (QED) is 0.750. The Morgan fingerprint density at radius 3 is 2.75 bits per heavy atom. The molecule has 0 aliphatic rings. The van der Waals surface area contributed by atoms with E-state index in [0.29, 0.717) is 19.5 Å². The SMILES string of the molecule is CCCCS(=O)(=O)N(Cc1ccoc1)Cc1cccs1. The molecular formula is C14H19NO3S2. The molecule has 2 aromatic rings. The van der Waals surface area contributed by atoms with E-state index in [2.05, 4.69) is 0 Å². The Labute approximate surface area is 124 Å². The van der Waals surface area contributed by atoms with Gasteiger partial charge >= 0.3 is 0 Å². The van der Waals surface area contributed by atoms with Gasteiger partial charge in [-0.15, -0.1) is 11.3 Å². The highest BCUT2D eigenvalue weighted by Gasteiger charge is 2.22. The zero-order valence-electron chi connectivity index (χ0n) is 11.5. The van der Waals surface area contributed by atoms with Crippen LogP contribution < -0.4 is 0 Å². The standard InChI is InChI=1S/C14H19NO3S2/c1-2-3-9-20(16,17)15(10-13-6-7-18-12-13)11-14-5-4-8-19-14/h4-8,12H,2-3,9-11H2,1H3. The fraction of sp³-hybridized carbons (Fsp3) is 0.429. The predicted molar refractivity (Wildman–Crippen MR) is 81.0 cm³/mol. The van der Waals surface area contributed by atoms with Crippen molar-refractivity contribution in [1.82, 2.24) is 4.31 Å². The van der Waals surface area contributed by atoms with Gasteiger partial charge in [-0.2, -0.15) is 4.31 Å². The first kappa shape index (κ1) is 15.3. The molecule has 0 spiro atoms. The summed E-state index contributed by atoms with van der Waals surface area (Å²) in [5.74, 6) is 0.201. The van der Waals surface area contributed by atoms with Gasteiger partial charge in [0, 0.05) is 23.5 Å². The van der Waals surface area contributed by atoms with Gasteiger partial charge in [0.2, 0.25) is 10.0 Å². The largest absolute Gasteiger partial charge is 0.472 e. The molecule has 0 unspecified atom stereocenters. The Morgan fingerprint density at radius 2 is 2.15 bits per heavy atom. The average Bonchev–Trinajstić information content (AvgIpc) is 3.09. The topological polar surface area (TPSA) is 50.5 Å². The lowest BCUT2D eigenvalue weighted by molar-refractivity contribution is 0.401. The minimum atomic E-state index is -3.24. The van der Waals surface area contributed by atoms with E-state index in [4.69, 9.17) is 4.42 Å². The van der Waals surface area contributed by atoms with Crippen LogP contribution in [-0.4, -0.2) is 18.5 Å². The summed E-state index contributed by atoms with van der Waals surface area (Å²) < 4.78 is 31.5. The second-order valence-corrected chi connectivity index (χ2v) is 7.77. The third kappa shape index (κ3) is 4.19. The van der Waals surface area contributed by atoms with Crippen molar-refractivity contribution in [3.8, 4) is 0 Å². The highest BCUT2D eigenvalue weighted by atomic mass is 32.2. The van der Waals surface area contributed by atoms with E-state index < -0.39 is 10.0 Å². The normalized spacial score (nSPS) is 12.1. The molecule has 0 saturated carbocycles. The third-order valence-corrected chi connectivity index (χ3v) is 5.71. The Balaban J connectivity index is 2.14. The van der Waals surface area contributed by atoms with Crippen molar-refractivity contribution >= 4 is 21.4 Å². The Kier molecular flexibility index (Phi) is 5.39. The molecule has 0 bridgehead atoms. The minimum Gasteiger partial charge on any atom is -0.472 e. The lowest BCUT2D eigenvalue weighted by Gasteiger charge is -2.21. The highest BCUT2D eigenvalue weighted by Crippen LogP contribution is 2.18. The molecular weight excluding hydrogens is 294 g/mol. The maximum Gasteiger partial charge on any atom is 0.214 e. The molecule has 0 saturated heterocycles. The lowest BCUT2D eigenvalue weighted by Crippen LogP contribution is -2.31. The van der Waals surface area contributed by atoms with Crippen LogP contribution in [0.3, 0.4) is 0 Å². The van der Waals surface area contributed by atoms with Crippen LogP contribution in [-0.2, 0) is 23.1 Å². The number of hydrogen-bond donors (Lipinski definition) is 0. The first-order chi connectivity index (χ1) is 9.62. The first-order valence-electron chi connectivity index (χ1n) is 6.63. The van der Waals surface area contributed by atoms with Gasteiger partial charge in [0.15, 0.2) is 0 Å². The molecule has 2 heterocycles. The molecule has 0 radical (unpaired) electrons. The van der Waals surface area contributed by atoms with Gasteiger partial charge in [0.25, 0.3) is 0 Å². The van der Waals surface area contributed by atoms with Crippen molar-refractivity contribution in [3.63, 3.8) is 0 Å². The summed E-state index contributed by atoms with van der Waals surface area (Å²) in [4.78, 5) is 1.05. The van der Waals surface area contributed by atoms with Crippen LogP contribution in [0.4, 0.5) is 0 Å². The predicted octanol–water partition coefficient (Wildman–Crippen LogP) is 3.47. The number of nitrogens with zero attached hydrogens (tertiary/aromatic N) is 1. The van der Waals surface area contributed by atoms with Crippen LogP contribution in [0.1, 0.15) is 30.2 Å². The number of furan rings is 1. The van der Waals surface area contributed by atoms with Gasteiger partial charge < -0.3 is 4.42 Å². The number of unbranched alkanes of at least 4 members (excludes halogenated alkanes) is 1. The average molecular weight is 313 g/mol. The van der Waals surface area contributed by atoms with Crippen molar-refractivity contribution in [1.29, 1.82) is 0 Å². The van der Waals surface area contributed by atoms with Crippen LogP contribution >= 0.6 is 11.3 Å². The molecule has 20 heavy (non-hydrogen) atoms. The van der Waals surface area contributed by atoms with Gasteiger partial charge in [-0.25, -0.2) is 8.42 Å². The second kappa shape index (κ2) is 7.06. The molecule has 0 aliphatic heterocycles. The molecule has 0 N–H and O–H groups in total. The molecule has 2 aromatic heterocycles. The van der Waals surface area contributed by atoms with Crippen molar-refractivity contribution in [2.24, 2.45) is 0 Å². The van der Waals surface area contributed by atoms with Crippen LogP contribution in [0.25, 0.3) is 0 Å². The van der Waals surface area contributed by atoms with E-state index in [0.717, 1.165) is 16.9 Å². The zero-order valence-corrected chi connectivity index (χ0v) is 13.1. The van der Waals surface area contributed by atoms with Gasteiger partial charge in [-0.05, 0) is 23.9 Å². The first-order valence-corrected chi connectivity index (χ1v) is 9.12. The fourth-order valence-corrected chi connectivity index (χ4v) is 4.27. The Bertz CT molecular complexity index is 552. The van der Waals surface area contributed by atoms with Crippen molar-refractivity contribution < 1.29 is 12.8 Å². The summed E-state index contributed by atoms with van der Waals surface area (Å²) in [6, 6.07) is 5.70. The molecule has 2 rings (SSSR count). The van der Waals surface area contributed by atoms with Crippen LogP contribution in [0.5, 0.6) is 0 Å². The van der Waals surface area contributed by atoms with Crippen LogP contribution in [0.2, 0.25) is 0 Å². The molecule has 0 aromatic carbocycles. The van der Waals surface area contributed by atoms with Crippen molar-refractivity contribution in [2.45, 2.75) is 32.9 Å². The van der Waals surface area contributed by atoms with Gasteiger partial charge in [-0.1, -0.05) is 19.4 Å². The van der Waals surface area contributed by atoms with E-state index in [1.165, 1.54) is 0 Å². The summed E-state index contributed by atoms with van der Waals surface area (Å²) in [6.07, 6.45) is 4.72. The van der Waals surface area contributed by atoms with E-state index in [-0.39, 0.29) is 5.75 Å². The maximum atomic E-state index is 12.4. The molecule has 6 heteroatoms. The van der Waals surface area contributed by atoms with Crippen LogP contribution in [0.15, 0.2) is 40.5 Å². The van der Waals surface area contributed by atoms with Crippen molar-refractivity contribution in [3.05, 3.63) is 46.5 Å². The number of rotatable bonds is 8. The van der Waals surface area contributed by atoms with Gasteiger partial charge in [-0.3, -0.25) is 0 Å². The van der Waals surface area contributed by atoms with Crippen molar-refractivity contribution in [2.75, 3.05) is 5.75 Å². The summed E-state index contributed by atoms with van der Waals surface area (Å²) in [5, 5.41) is 1.96.